The summed E-state index contributed by atoms with van der Waals surface area (Å²) in [5.74, 6) is 1.48. The number of benzene rings is 2. The van der Waals surface area contributed by atoms with E-state index < -0.39 is 6.10 Å². The van der Waals surface area contributed by atoms with Crippen LogP contribution in [-0.4, -0.2) is 49.5 Å². The van der Waals surface area contributed by atoms with Gasteiger partial charge in [0.25, 0.3) is 0 Å². The molecule has 0 aliphatic carbocycles. The molecule has 25 heavy (non-hydrogen) atoms. The van der Waals surface area contributed by atoms with Crippen molar-refractivity contribution in [3.05, 3.63) is 53.6 Å². The third-order valence-electron chi connectivity index (χ3n) is 4.98. The number of aliphatic hydroxyl groups is 1. The third kappa shape index (κ3) is 3.57. The number of hydrogen-bond acceptors (Lipinski definition) is 5. The number of aryl methyl sites for hydroxylation is 1. The Morgan fingerprint density at radius 3 is 2.44 bits per heavy atom. The fraction of sp³-hybridized carbons (Fsp3) is 0.400. The summed E-state index contributed by atoms with van der Waals surface area (Å²) in [7, 11) is 0. The molecule has 1 unspecified atom stereocenters. The number of hydrogen-bond donors (Lipinski definition) is 1. The molecular weight excluding hydrogens is 316 g/mol. The molecule has 2 aliphatic heterocycles. The third-order valence-corrected chi connectivity index (χ3v) is 4.98. The summed E-state index contributed by atoms with van der Waals surface area (Å²) >= 11 is 0. The molecule has 1 saturated heterocycles. The van der Waals surface area contributed by atoms with Gasteiger partial charge in [0.2, 0.25) is 6.79 Å². The van der Waals surface area contributed by atoms with Crippen molar-refractivity contribution in [3.8, 4) is 11.5 Å². The minimum atomic E-state index is -0.513. The van der Waals surface area contributed by atoms with Crippen LogP contribution in [-0.2, 0) is 0 Å². The molecule has 132 valence electrons. The van der Waals surface area contributed by atoms with Crippen LogP contribution in [0.1, 0.15) is 17.2 Å². The van der Waals surface area contributed by atoms with Crippen molar-refractivity contribution in [1.82, 2.24) is 4.90 Å². The Morgan fingerprint density at radius 1 is 0.960 bits per heavy atom. The van der Waals surface area contributed by atoms with Crippen LogP contribution < -0.4 is 14.4 Å². The van der Waals surface area contributed by atoms with E-state index in [0.29, 0.717) is 6.54 Å². The maximum absolute atomic E-state index is 10.6. The summed E-state index contributed by atoms with van der Waals surface area (Å²) in [5, 5.41) is 10.6. The second-order valence-corrected chi connectivity index (χ2v) is 6.75. The van der Waals surface area contributed by atoms with E-state index in [9.17, 15) is 5.11 Å². The number of nitrogens with zero attached hydrogens (tertiary/aromatic N) is 2. The van der Waals surface area contributed by atoms with Gasteiger partial charge in [0.1, 0.15) is 0 Å². The van der Waals surface area contributed by atoms with Gasteiger partial charge < -0.3 is 19.5 Å². The van der Waals surface area contributed by atoms with Gasteiger partial charge in [-0.3, -0.25) is 4.90 Å². The lowest BCUT2D eigenvalue weighted by molar-refractivity contribution is 0.109. The molecule has 2 aromatic carbocycles. The topological polar surface area (TPSA) is 45.2 Å². The predicted molar refractivity (Wildman–Crippen MR) is 97.4 cm³/mol. The minimum Gasteiger partial charge on any atom is -0.454 e. The number of anilines is 1. The molecule has 0 spiro atoms. The zero-order chi connectivity index (χ0) is 17.2. The first-order chi connectivity index (χ1) is 12.2. The van der Waals surface area contributed by atoms with Crippen molar-refractivity contribution in [2.24, 2.45) is 0 Å². The molecule has 2 aliphatic rings. The van der Waals surface area contributed by atoms with Gasteiger partial charge in [0.05, 0.1) is 6.10 Å². The number of ether oxygens (including phenoxy) is 2. The van der Waals surface area contributed by atoms with Crippen LogP contribution >= 0.6 is 0 Å². The zero-order valence-corrected chi connectivity index (χ0v) is 14.5. The molecule has 4 rings (SSSR count). The van der Waals surface area contributed by atoms with Crippen molar-refractivity contribution in [3.63, 3.8) is 0 Å². The molecule has 5 heteroatoms. The van der Waals surface area contributed by atoms with Crippen molar-refractivity contribution >= 4 is 5.69 Å². The Bertz CT molecular complexity index is 724. The molecule has 0 aromatic heterocycles. The lowest BCUT2D eigenvalue weighted by Crippen LogP contribution is -2.47. The average Bonchev–Trinajstić information content (AvgIpc) is 3.11. The van der Waals surface area contributed by atoms with E-state index in [0.717, 1.165) is 43.2 Å². The Morgan fingerprint density at radius 2 is 1.68 bits per heavy atom. The van der Waals surface area contributed by atoms with E-state index >= 15 is 0 Å². The number of rotatable bonds is 4. The molecule has 5 nitrogen and oxygen atoms in total. The van der Waals surface area contributed by atoms with Crippen LogP contribution in [0.25, 0.3) is 0 Å². The molecule has 1 N–H and O–H groups in total. The standard InChI is InChI=1S/C20H24N2O3/c1-15-2-5-17(6-3-15)22-10-8-21(9-11-22)13-18(23)16-4-7-19-20(12-16)25-14-24-19/h2-7,12,18,23H,8-11,13-14H2,1H3. The summed E-state index contributed by atoms with van der Waals surface area (Å²) in [6, 6.07) is 14.4. The Hall–Kier alpha value is -2.24. The Kier molecular flexibility index (Phi) is 4.51. The molecule has 1 fully saturated rings. The van der Waals surface area contributed by atoms with Crippen LogP contribution in [0.4, 0.5) is 5.69 Å². The summed E-state index contributed by atoms with van der Waals surface area (Å²) in [6.45, 7) is 6.88. The summed E-state index contributed by atoms with van der Waals surface area (Å²) < 4.78 is 10.7. The molecule has 2 aromatic rings. The van der Waals surface area contributed by atoms with Gasteiger partial charge in [-0.1, -0.05) is 23.8 Å². The van der Waals surface area contributed by atoms with E-state index in [-0.39, 0.29) is 6.79 Å². The van der Waals surface area contributed by atoms with E-state index in [1.807, 2.05) is 18.2 Å². The number of β-amino-alcohol motifs (C(OH)–C–C–N with tert-alkyl or cyclic N) is 1. The van der Waals surface area contributed by atoms with Gasteiger partial charge in [-0.25, -0.2) is 0 Å². The average molecular weight is 340 g/mol. The summed E-state index contributed by atoms with van der Waals surface area (Å²) in [5.41, 5.74) is 3.45. The van der Waals surface area contributed by atoms with Crippen LogP contribution in [0.2, 0.25) is 0 Å². The first kappa shape index (κ1) is 16.2. The second-order valence-electron chi connectivity index (χ2n) is 6.75. The molecule has 1 atom stereocenters. The molecule has 0 radical (unpaired) electrons. The highest BCUT2D eigenvalue weighted by atomic mass is 16.7. The number of fused-ring (bicyclic) bond motifs is 1. The van der Waals surface area contributed by atoms with E-state index in [2.05, 4.69) is 41.0 Å². The van der Waals surface area contributed by atoms with Crippen molar-refractivity contribution in [2.75, 3.05) is 44.4 Å². The fourth-order valence-electron chi connectivity index (χ4n) is 3.41. The van der Waals surface area contributed by atoms with Gasteiger partial charge in [-0.15, -0.1) is 0 Å². The van der Waals surface area contributed by atoms with Crippen molar-refractivity contribution in [1.29, 1.82) is 0 Å². The van der Waals surface area contributed by atoms with Gasteiger partial charge >= 0.3 is 0 Å². The van der Waals surface area contributed by atoms with Crippen LogP contribution in [0, 0.1) is 6.92 Å². The maximum Gasteiger partial charge on any atom is 0.231 e. The monoisotopic (exact) mass is 340 g/mol. The van der Waals surface area contributed by atoms with E-state index in [1.54, 1.807) is 0 Å². The quantitative estimate of drug-likeness (QED) is 0.927. The molecule has 0 amide bonds. The minimum absolute atomic E-state index is 0.260. The highest BCUT2D eigenvalue weighted by molar-refractivity contribution is 5.48. The SMILES string of the molecule is Cc1ccc(N2CCN(CC(O)c3ccc4c(c3)OCO4)CC2)cc1. The van der Waals surface area contributed by atoms with Gasteiger partial charge in [-0.2, -0.15) is 0 Å². The number of aliphatic hydroxyl groups excluding tert-OH is 1. The maximum atomic E-state index is 10.6. The van der Waals surface area contributed by atoms with Crippen LogP contribution in [0.15, 0.2) is 42.5 Å². The molecule has 2 heterocycles. The van der Waals surface area contributed by atoms with Crippen molar-refractivity contribution < 1.29 is 14.6 Å². The van der Waals surface area contributed by atoms with Gasteiger partial charge in [0.15, 0.2) is 11.5 Å². The first-order valence-electron chi connectivity index (χ1n) is 8.80. The lowest BCUT2D eigenvalue weighted by Gasteiger charge is -2.37. The predicted octanol–water partition coefficient (Wildman–Crippen LogP) is 2.58. The molecule has 0 bridgehead atoms. The molecular formula is C20H24N2O3. The van der Waals surface area contributed by atoms with Gasteiger partial charge in [-0.05, 0) is 36.8 Å². The molecule has 0 saturated carbocycles. The largest absolute Gasteiger partial charge is 0.454 e. The zero-order valence-electron chi connectivity index (χ0n) is 14.5. The van der Waals surface area contributed by atoms with Crippen LogP contribution in [0.5, 0.6) is 11.5 Å². The lowest BCUT2D eigenvalue weighted by atomic mass is 10.1. The summed E-state index contributed by atoms with van der Waals surface area (Å²) in [6.07, 6.45) is -0.513. The first-order valence-corrected chi connectivity index (χ1v) is 8.80. The normalized spacial score (nSPS) is 18.4. The smallest absolute Gasteiger partial charge is 0.231 e. The summed E-state index contributed by atoms with van der Waals surface area (Å²) in [4.78, 5) is 4.73. The Labute approximate surface area is 148 Å². The van der Waals surface area contributed by atoms with Gasteiger partial charge in [0, 0.05) is 38.4 Å². The fourth-order valence-corrected chi connectivity index (χ4v) is 3.41. The van der Waals surface area contributed by atoms with Crippen LogP contribution in [0.3, 0.4) is 0 Å². The second kappa shape index (κ2) is 6.94. The van der Waals surface area contributed by atoms with Crippen molar-refractivity contribution in [2.45, 2.75) is 13.0 Å². The number of piperazine rings is 1. The van der Waals surface area contributed by atoms with E-state index in [4.69, 9.17) is 9.47 Å². The van der Waals surface area contributed by atoms with E-state index in [1.165, 1.54) is 11.3 Å². The Balaban J connectivity index is 1.33. The highest BCUT2D eigenvalue weighted by Gasteiger charge is 2.22. The highest BCUT2D eigenvalue weighted by Crippen LogP contribution is 2.34.